The number of hydrogen-bond donors (Lipinski definition) is 0. The molecule has 3 nitrogen and oxygen atoms in total. The SMILES string of the molecule is COc1cc(N2CCCCC2)ccc1C=Nc1ccc(C(C)(C)C)cc1. The molecule has 0 bridgehead atoms. The van der Waals surface area contributed by atoms with Crippen molar-refractivity contribution >= 4 is 17.6 Å². The van der Waals surface area contributed by atoms with E-state index in [9.17, 15) is 0 Å². The first-order chi connectivity index (χ1) is 12.5. The molecule has 0 unspecified atom stereocenters. The van der Waals surface area contributed by atoms with E-state index >= 15 is 0 Å². The molecule has 0 aliphatic carbocycles. The van der Waals surface area contributed by atoms with Crippen LogP contribution in [0.25, 0.3) is 0 Å². The Morgan fingerprint density at radius 2 is 1.65 bits per heavy atom. The smallest absolute Gasteiger partial charge is 0.129 e. The highest BCUT2D eigenvalue weighted by atomic mass is 16.5. The summed E-state index contributed by atoms with van der Waals surface area (Å²) < 4.78 is 5.61. The summed E-state index contributed by atoms with van der Waals surface area (Å²) >= 11 is 0. The Kier molecular flexibility index (Phi) is 5.65. The third-order valence-electron chi connectivity index (χ3n) is 5.02. The molecule has 1 heterocycles. The highest BCUT2D eigenvalue weighted by molar-refractivity contribution is 5.86. The van der Waals surface area contributed by atoms with Crippen molar-refractivity contribution in [2.24, 2.45) is 4.99 Å². The fourth-order valence-corrected chi connectivity index (χ4v) is 3.35. The fourth-order valence-electron chi connectivity index (χ4n) is 3.35. The Labute approximate surface area is 157 Å². The molecule has 2 aromatic rings. The fraction of sp³-hybridized carbons (Fsp3) is 0.435. The van der Waals surface area contributed by atoms with E-state index in [0.29, 0.717) is 0 Å². The van der Waals surface area contributed by atoms with E-state index in [0.717, 1.165) is 30.1 Å². The maximum Gasteiger partial charge on any atom is 0.129 e. The maximum atomic E-state index is 5.61. The van der Waals surface area contributed by atoms with Gasteiger partial charge >= 0.3 is 0 Å². The molecule has 1 saturated heterocycles. The first-order valence-electron chi connectivity index (χ1n) is 9.55. The maximum absolute atomic E-state index is 5.61. The van der Waals surface area contributed by atoms with E-state index in [4.69, 9.17) is 4.74 Å². The van der Waals surface area contributed by atoms with Gasteiger partial charge in [0.1, 0.15) is 5.75 Å². The second-order valence-corrected chi connectivity index (χ2v) is 8.03. The lowest BCUT2D eigenvalue weighted by Gasteiger charge is -2.29. The summed E-state index contributed by atoms with van der Waals surface area (Å²) in [6.45, 7) is 8.94. The molecule has 0 atom stereocenters. The molecular weight excluding hydrogens is 320 g/mol. The minimum Gasteiger partial charge on any atom is -0.496 e. The summed E-state index contributed by atoms with van der Waals surface area (Å²) in [5.41, 5.74) is 4.69. The molecule has 1 aliphatic rings. The summed E-state index contributed by atoms with van der Waals surface area (Å²) in [4.78, 5) is 7.07. The minimum atomic E-state index is 0.162. The zero-order valence-corrected chi connectivity index (χ0v) is 16.5. The lowest BCUT2D eigenvalue weighted by molar-refractivity contribution is 0.414. The number of methoxy groups -OCH3 is 1. The number of anilines is 1. The summed E-state index contributed by atoms with van der Waals surface area (Å²) in [5, 5.41) is 0. The molecule has 1 aliphatic heterocycles. The van der Waals surface area contributed by atoms with Crippen LogP contribution in [0, 0.1) is 0 Å². The Balaban J connectivity index is 1.77. The lowest BCUT2D eigenvalue weighted by Crippen LogP contribution is -2.29. The number of nitrogens with zero attached hydrogens (tertiary/aromatic N) is 2. The Morgan fingerprint density at radius 1 is 0.962 bits per heavy atom. The topological polar surface area (TPSA) is 24.8 Å². The Bertz CT molecular complexity index is 751. The van der Waals surface area contributed by atoms with Gasteiger partial charge in [0.15, 0.2) is 0 Å². The molecule has 0 N–H and O–H groups in total. The highest BCUT2D eigenvalue weighted by Gasteiger charge is 2.14. The van der Waals surface area contributed by atoms with Gasteiger partial charge in [-0.05, 0) is 54.5 Å². The van der Waals surface area contributed by atoms with Crippen LogP contribution in [0.4, 0.5) is 11.4 Å². The highest BCUT2D eigenvalue weighted by Crippen LogP contribution is 2.28. The average Bonchev–Trinajstić information content (AvgIpc) is 2.66. The first kappa shape index (κ1) is 18.5. The molecular formula is C23H30N2O. The predicted octanol–water partition coefficient (Wildman–Crippen LogP) is 5.73. The molecule has 0 aromatic heterocycles. The monoisotopic (exact) mass is 350 g/mol. The quantitative estimate of drug-likeness (QED) is 0.657. The van der Waals surface area contributed by atoms with Gasteiger partial charge in [-0.15, -0.1) is 0 Å². The van der Waals surface area contributed by atoms with Gasteiger partial charge in [-0.2, -0.15) is 0 Å². The first-order valence-corrected chi connectivity index (χ1v) is 9.55. The van der Waals surface area contributed by atoms with Crippen LogP contribution in [0.1, 0.15) is 51.2 Å². The molecule has 0 saturated carbocycles. The van der Waals surface area contributed by atoms with Crippen molar-refractivity contribution in [3.63, 3.8) is 0 Å². The van der Waals surface area contributed by atoms with E-state index in [2.05, 4.69) is 73.1 Å². The van der Waals surface area contributed by atoms with Crippen LogP contribution in [0.2, 0.25) is 0 Å². The Hall–Kier alpha value is -2.29. The van der Waals surface area contributed by atoms with Gasteiger partial charge in [0.25, 0.3) is 0 Å². The van der Waals surface area contributed by atoms with Crippen molar-refractivity contribution in [2.45, 2.75) is 45.4 Å². The molecule has 2 aromatic carbocycles. The van der Waals surface area contributed by atoms with Crippen LogP contribution < -0.4 is 9.64 Å². The van der Waals surface area contributed by atoms with Crippen LogP contribution in [0.5, 0.6) is 5.75 Å². The van der Waals surface area contributed by atoms with Crippen molar-refractivity contribution in [1.29, 1.82) is 0 Å². The molecule has 138 valence electrons. The molecule has 0 spiro atoms. The number of ether oxygens (including phenoxy) is 1. The summed E-state index contributed by atoms with van der Waals surface area (Å²) in [6, 6.07) is 14.9. The van der Waals surface area contributed by atoms with Crippen LogP contribution >= 0.6 is 0 Å². The zero-order chi connectivity index (χ0) is 18.6. The predicted molar refractivity (Wildman–Crippen MR) is 111 cm³/mol. The van der Waals surface area contributed by atoms with Crippen molar-refractivity contribution in [3.8, 4) is 5.75 Å². The lowest BCUT2D eigenvalue weighted by atomic mass is 9.87. The second kappa shape index (κ2) is 7.94. The summed E-state index contributed by atoms with van der Waals surface area (Å²) in [5.74, 6) is 0.878. The average molecular weight is 351 g/mol. The normalized spacial score (nSPS) is 15.5. The molecule has 0 amide bonds. The van der Waals surface area contributed by atoms with Crippen LogP contribution in [-0.2, 0) is 5.41 Å². The number of hydrogen-bond acceptors (Lipinski definition) is 3. The van der Waals surface area contributed by atoms with Crippen molar-refractivity contribution < 1.29 is 4.74 Å². The summed E-state index contributed by atoms with van der Waals surface area (Å²) in [7, 11) is 1.73. The van der Waals surface area contributed by atoms with Crippen LogP contribution in [0.15, 0.2) is 47.5 Å². The third kappa shape index (κ3) is 4.46. The molecule has 3 rings (SSSR count). The number of aliphatic imine (C=N–C) groups is 1. The van der Waals surface area contributed by atoms with Gasteiger partial charge in [0.05, 0.1) is 12.8 Å². The van der Waals surface area contributed by atoms with Gasteiger partial charge in [-0.3, -0.25) is 4.99 Å². The minimum absolute atomic E-state index is 0.162. The summed E-state index contributed by atoms with van der Waals surface area (Å²) in [6.07, 6.45) is 5.78. The largest absolute Gasteiger partial charge is 0.496 e. The van der Waals surface area contributed by atoms with E-state index in [1.807, 2.05) is 6.21 Å². The van der Waals surface area contributed by atoms with Gasteiger partial charge in [-0.25, -0.2) is 0 Å². The van der Waals surface area contributed by atoms with Crippen molar-refractivity contribution in [3.05, 3.63) is 53.6 Å². The van der Waals surface area contributed by atoms with Gasteiger partial charge in [0, 0.05) is 36.6 Å². The standard InChI is InChI=1S/C23H30N2O/c1-23(2,3)19-9-11-20(12-10-19)24-17-18-8-13-21(16-22(18)26-4)25-14-6-5-7-15-25/h8-13,16-17H,5-7,14-15H2,1-4H3. The Morgan fingerprint density at radius 3 is 2.27 bits per heavy atom. The van der Waals surface area contributed by atoms with Crippen molar-refractivity contribution in [1.82, 2.24) is 0 Å². The van der Waals surface area contributed by atoms with Gasteiger partial charge in [0.2, 0.25) is 0 Å². The van der Waals surface area contributed by atoms with E-state index in [-0.39, 0.29) is 5.41 Å². The molecule has 26 heavy (non-hydrogen) atoms. The van der Waals surface area contributed by atoms with Gasteiger partial charge in [-0.1, -0.05) is 32.9 Å². The van der Waals surface area contributed by atoms with E-state index in [1.54, 1.807) is 7.11 Å². The molecule has 0 radical (unpaired) electrons. The number of benzene rings is 2. The van der Waals surface area contributed by atoms with Crippen molar-refractivity contribution in [2.75, 3.05) is 25.1 Å². The number of piperidine rings is 1. The zero-order valence-electron chi connectivity index (χ0n) is 16.5. The van der Waals surface area contributed by atoms with Crippen LogP contribution in [-0.4, -0.2) is 26.4 Å². The van der Waals surface area contributed by atoms with E-state index in [1.165, 1.54) is 30.5 Å². The number of rotatable bonds is 4. The molecule has 3 heteroatoms. The van der Waals surface area contributed by atoms with Crippen LogP contribution in [0.3, 0.4) is 0 Å². The third-order valence-corrected chi connectivity index (χ3v) is 5.02. The molecule has 1 fully saturated rings. The van der Waals surface area contributed by atoms with E-state index < -0.39 is 0 Å². The van der Waals surface area contributed by atoms with Gasteiger partial charge < -0.3 is 9.64 Å². The second-order valence-electron chi connectivity index (χ2n) is 8.03.